The molecule has 2 atom stereocenters. The van der Waals surface area contributed by atoms with E-state index in [1.165, 1.54) is 4.31 Å². The minimum atomic E-state index is -3.58. The zero-order chi connectivity index (χ0) is 14.0. The molecule has 6 heteroatoms. The minimum absolute atomic E-state index is 0.0384. The van der Waals surface area contributed by atoms with Crippen molar-refractivity contribution >= 4 is 21.6 Å². The number of sulfonamides is 1. The number of halogens is 1. The summed E-state index contributed by atoms with van der Waals surface area (Å²) in [4.78, 5) is 0.170. The summed E-state index contributed by atoms with van der Waals surface area (Å²) in [5, 5.41) is 0.260. The molecule has 0 radical (unpaired) electrons. The fourth-order valence-electron chi connectivity index (χ4n) is 2.69. The van der Waals surface area contributed by atoms with Crippen molar-refractivity contribution in [3.05, 3.63) is 29.3 Å². The fraction of sp³-hybridized carbons (Fsp3) is 0.538. The maximum atomic E-state index is 12.8. The van der Waals surface area contributed by atoms with Gasteiger partial charge in [0.1, 0.15) is 4.90 Å². The molecule has 19 heavy (non-hydrogen) atoms. The lowest BCUT2D eigenvalue weighted by Gasteiger charge is -2.39. The summed E-state index contributed by atoms with van der Waals surface area (Å²) < 4.78 is 27.1. The molecular formula is C13H19ClN2O2S. The van der Waals surface area contributed by atoms with Gasteiger partial charge in [0, 0.05) is 18.6 Å². The average Bonchev–Trinajstić information content (AvgIpc) is 2.38. The Labute approximate surface area is 119 Å². The lowest BCUT2D eigenvalue weighted by Crippen LogP contribution is -2.51. The lowest BCUT2D eigenvalue weighted by molar-refractivity contribution is 0.196. The summed E-state index contributed by atoms with van der Waals surface area (Å²) in [7, 11) is -3.58. The summed E-state index contributed by atoms with van der Waals surface area (Å²) in [6.07, 6.45) is 2.68. The van der Waals surface area contributed by atoms with E-state index >= 15 is 0 Å². The summed E-state index contributed by atoms with van der Waals surface area (Å²) in [5.74, 6) is 0. The summed E-state index contributed by atoms with van der Waals surface area (Å²) in [6, 6.07) is 6.38. The van der Waals surface area contributed by atoms with Crippen molar-refractivity contribution in [3.63, 3.8) is 0 Å². The van der Waals surface area contributed by atoms with Gasteiger partial charge in [-0.05, 0) is 31.9 Å². The van der Waals surface area contributed by atoms with Crippen LogP contribution in [0.25, 0.3) is 0 Å². The van der Waals surface area contributed by atoms with E-state index in [0.29, 0.717) is 6.54 Å². The highest BCUT2D eigenvalue weighted by Gasteiger charge is 2.37. The molecule has 1 aromatic rings. The van der Waals surface area contributed by atoms with Crippen LogP contribution in [0.15, 0.2) is 29.2 Å². The molecule has 2 rings (SSSR count). The first-order chi connectivity index (χ1) is 8.98. The summed E-state index contributed by atoms with van der Waals surface area (Å²) in [5.41, 5.74) is 5.73. The van der Waals surface area contributed by atoms with E-state index in [1.807, 2.05) is 6.92 Å². The first kappa shape index (κ1) is 14.8. The topological polar surface area (TPSA) is 63.4 Å². The third kappa shape index (κ3) is 2.79. The molecule has 1 aliphatic rings. The van der Waals surface area contributed by atoms with Gasteiger partial charge in [0.05, 0.1) is 5.02 Å². The molecule has 1 fully saturated rings. The molecule has 106 valence electrons. The molecule has 0 spiro atoms. The van der Waals surface area contributed by atoms with Gasteiger partial charge in [0.15, 0.2) is 0 Å². The van der Waals surface area contributed by atoms with E-state index in [9.17, 15) is 8.42 Å². The average molecular weight is 303 g/mol. The Morgan fingerprint density at radius 1 is 1.37 bits per heavy atom. The smallest absolute Gasteiger partial charge is 0.245 e. The van der Waals surface area contributed by atoms with Crippen LogP contribution in [0.1, 0.15) is 26.2 Å². The third-order valence-corrected chi connectivity index (χ3v) is 6.18. The molecule has 2 unspecified atom stereocenters. The predicted octanol–water partition coefficient (Wildman–Crippen LogP) is 2.23. The first-order valence-corrected chi connectivity index (χ1v) is 8.28. The van der Waals surface area contributed by atoms with Gasteiger partial charge in [-0.25, -0.2) is 8.42 Å². The fourth-order valence-corrected chi connectivity index (χ4v) is 5.07. The van der Waals surface area contributed by atoms with Crippen LogP contribution in [-0.2, 0) is 10.0 Å². The van der Waals surface area contributed by atoms with E-state index < -0.39 is 10.0 Å². The van der Waals surface area contributed by atoms with Crippen molar-refractivity contribution in [2.45, 2.75) is 43.2 Å². The first-order valence-electron chi connectivity index (χ1n) is 6.46. The zero-order valence-electron chi connectivity index (χ0n) is 10.9. The molecule has 1 saturated heterocycles. The number of nitrogens with two attached hydrogens (primary N) is 1. The molecule has 0 amide bonds. The molecule has 1 aliphatic heterocycles. The standard InChI is InChI=1S/C13H19ClN2O2S/c1-10-5-4-6-11(9-15)16(10)19(17,18)13-8-3-2-7-12(13)14/h2-3,7-8,10-11H,4-6,9,15H2,1H3. The number of nitrogens with zero attached hydrogens (tertiary/aromatic N) is 1. The van der Waals surface area contributed by atoms with Crippen LogP contribution >= 0.6 is 11.6 Å². The highest BCUT2D eigenvalue weighted by molar-refractivity contribution is 7.89. The molecule has 0 aromatic heterocycles. The lowest BCUT2D eigenvalue weighted by atomic mass is 10.00. The maximum absolute atomic E-state index is 12.8. The van der Waals surface area contributed by atoms with Gasteiger partial charge in [0.2, 0.25) is 10.0 Å². The molecule has 0 aliphatic carbocycles. The van der Waals surface area contributed by atoms with E-state index in [1.54, 1.807) is 24.3 Å². The third-order valence-electron chi connectivity index (χ3n) is 3.62. The van der Waals surface area contributed by atoms with Crippen molar-refractivity contribution in [1.29, 1.82) is 0 Å². The normalized spacial score (nSPS) is 25.4. The Hall–Kier alpha value is -0.620. The van der Waals surface area contributed by atoms with E-state index in [-0.39, 0.29) is 22.0 Å². The van der Waals surface area contributed by atoms with Crippen molar-refractivity contribution in [2.24, 2.45) is 5.73 Å². The monoisotopic (exact) mass is 302 g/mol. The Balaban J connectivity index is 2.45. The molecule has 4 nitrogen and oxygen atoms in total. The van der Waals surface area contributed by atoms with Gasteiger partial charge in [-0.15, -0.1) is 0 Å². The second-order valence-corrected chi connectivity index (χ2v) is 7.15. The SMILES string of the molecule is CC1CCCC(CN)N1S(=O)(=O)c1ccccc1Cl. The van der Waals surface area contributed by atoms with E-state index in [0.717, 1.165) is 19.3 Å². The van der Waals surface area contributed by atoms with Crippen LogP contribution in [0.5, 0.6) is 0 Å². The van der Waals surface area contributed by atoms with Crippen molar-refractivity contribution < 1.29 is 8.42 Å². The highest BCUT2D eigenvalue weighted by atomic mass is 35.5. The van der Waals surface area contributed by atoms with Crippen LogP contribution in [0.3, 0.4) is 0 Å². The number of hydrogen-bond acceptors (Lipinski definition) is 3. The molecule has 0 saturated carbocycles. The van der Waals surface area contributed by atoms with Crippen LogP contribution in [0, 0.1) is 0 Å². The van der Waals surface area contributed by atoms with E-state index in [4.69, 9.17) is 17.3 Å². The molecule has 1 aromatic carbocycles. The van der Waals surface area contributed by atoms with Gasteiger partial charge in [-0.3, -0.25) is 0 Å². The highest BCUT2D eigenvalue weighted by Crippen LogP contribution is 2.32. The van der Waals surface area contributed by atoms with Crippen molar-refractivity contribution in [1.82, 2.24) is 4.31 Å². The van der Waals surface area contributed by atoms with Crippen molar-refractivity contribution in [2.75, 3.05) is 6.54 Å². The van der Waals surface area contributed by atoms with Gasteiger partial charge >= 0.3 is 0 Å². The number of hydrogen-bond donors (Lipinski definition) is 1. The summed E-state index contributed by atoms with van der Waals surface area (Å²) >= 11 is 6.03. The van der Waals surface area contributed by atoms with Gasteiger partial charge < -0.3 is 5.73 Å². The molecule has 2 N–H and O–H groups in total. The van der Waals surface area contributed by atoms with Crippen LogP contribution in [0.4, 0.5) is 0 Å². The predicted molar refractivity (Wildman–Crippen MR) is 76.6 cm³/mol. The Morgan fingerprint density at radius 3 is 2.68 bits per heavy atom. The minimum Gasteiger partial charge on any atom is -0.329 e. The molecule has 0 bridgehead atoms. The second kappa shape index (κ2) is 5.79. The Kier molecular flexibility index (Phi) is 4.50. The molecular weight excluding hydrogens is 284 g/mol. The number of piperidine rings is 1. The number of rotatable bonds is 3. The van der Waals surface area contributed by atoms with Gasteiger partial charge in [0.25, 0.3) is 0 Å². The van der Waals surface area contributed by atoms with Crippen LogP contribution < -0.4 is 5.73 Å². The van der Waals surface area contributed by atoms with Crippen molar-refractivity contribution in [3.8, 4) is 0 Å². The second-order valence-electron chi connectivity index (χ2n) is 4.93. The summed E-state index contributed by atoms with van der Waals surface area (Å²) in [6.45, 7) is 2.27. The Morgan fingerprint density at radius 2 is 2.05 bits per heavy atom. The zero-order valence-corrected chi connectivity index (χ0v) is 12.5. The quantitative estimate of drug-likeness (QED) is 0.931. The van der Waals surface area contributed by atoms with E-state index in [2.05, 4.69) is 0 Å². The van der Waals surface area contributed by atoms with Crippen LogP contribution in [0.2, 0.25) is 5.02 Å². The number of benzene rings is 1. The van der Waals surface area contributed by atoms with Gasteiger partial charge in [-0.2, -0.15) is 4.31 Å². The Bertz CT molecular complexity index is 547. The van der Waals surface area contributed by atoms with Crippen LogP contribution in [-0.4, -0.2) is 31.4 Å². The molecule has 1 heterocycles. The maximum Gasteiger partial charge on any atom is 0.245 e. The largest absolute Gasteiger partial charge is 0.329 e. The van der Waals surface area contributed by atoms with Gasteiger partial charge in [-0.1, -0.05) is 30.2 Å².